The Bertz CT molecular complexity index is 148. The van der Waals surface area contributed by atoms with E-state index >= 15 is 0 Å². The van der Waals surface area contributed by atoms with Crippen molar-refractivity contribution < 1.29 is 39.5 Å². The summed E-state index contributed by atoms with van der Waals surface area (Å²) in [5, 5.41) is 9.89. The van der Waals surface area contributed by atoms with Gasteiger partial charge in [0.05, 0.1) is 5.38 Å². The van der Waals surface area contributed by atoms with Gasteiger partial charge in [0, 0.05) is 12.4 Å². The Morgan fingerprint density at radius 1 is 1.67 bits per heavy atom. The molecule has 0 fully saturated rings. The van der Waals surface area contributed by atoms with Crippen LogP contribution in [0, 0.1) is 0 Å². The molecule has 0 aromatic carbocycles. The van der Waals surface area contributed by atoms with Crippen molar-refractivity contribution in [3.63, 3.8) is 0 Å². The van der Waals surface area contributed by atoms with Crippen LogP contribution in [0.25, 0.3) is 0 Å². The average molecular weight is 199 g/mol. The molecule has 0 aliphatic heterocycles. The minimum Gasteiger partial charge on any atom is -0.550 e. The average Bonchev–Trinajstić information content (AvgIpc) is 1.87. The van der Waals surface area contributed by atoms with E-state index in [4.69, 9.17) is 11.6 Å². The molecule has 0 N–H and O–H groups in total. The minimum atomic E-state index is -1.07. The molecule has 0 rings (SSSR count). The zero-order chi connectivity index (χ0) is 8.69. The van der Waals surface area contributed by atoms with Crippen molar-refractivity contribution in [3.05, 3.63) is 12.2 Å². The van der Waals surface area contributed by atoms with E-state index in [1.165, 1.54) is 6.08 Å². The smallest absolute Gasteiger partial charge is 0.550 e. The van der Waals surface area contributed by atoms with Crippen LogP contribution in [0.15, 0.2) is 12.2 Å². The molecule has 0 heterocycles. The van der Waals surface area contributed by atoms with E-state index in [1.807, 2.05) is 6.92 Å². The SMILES string of the molecule is CCCC(Cl)/C=C/CC(=O)[O-].[Na+]. The van der Waals surface area contributed by atoms with E-state index < -0.39 is 5.97 Å². The summed E-state index contributed by atoms with van der Waals surface area (Å²) in [6, 6.07) is 0. The first-order valence-corrected chi connectivity index (χ1v) is 4.11. The van der Waals surface area contributed by atoms with Gasteiger partial charge in [0.25, 0.3) is 0 Å². The molecule has 0 aliphatic carbocycles. The van der Waals surface area contributed by atoms with Gasteiger partial charge in [-0.2, -0.15) is 0 Å². The fourth-order valence-corrected chi connectivity index (χ4v) is 1.01. The van der Waals surface area contributed by atoms with Crippen molar-refractivity contribution in [2.24, 2.45) is 0 Å². The summed E-state index contributed by atoms with van der Waals surface area (Å²) in [7, 11) is 0. The fourth-order valence-electron chi connectivity index (χ4n) is 0.684. The third-order valence-electron chi connectivity index (χ3n) is 1.19. The zero-order valence-corrected chi connectivity index (χ0v) is 10.3. The fraction of sp³-hybridized carbons (Fsp3) is 0.625. The standard InChI is InChI=1S/C8H13ClO2.Na/c1-2-4-7(9)5-3-6-8(10)11;/h3,5,7H,2,4,6H2,1H3,(H,10,11);/q;+1/p-1/b5-3+;. The summed E-state index contributed by atoms with van der Waals surface area (Å²) in [5.41, 5.74) is 0. The Labute approximate surface area is 100 Å². The van der Waals surface area contributed by atoms with Crippen molar-refractivity contribution in [2.45, 2.75) is 31.6 Å². The molecule has 12 heavy (non-hydrogen) atoms. The maximum Gasteiger partial charge on any atom is 1.00 e. The Kier molecular flexibility index (Phi) is 12.0. The maximum atomic E-state index is 9.93. The number of carboxylic acids is 1. The van der Waals surface area contributed by atoms with Gasteiger partial charge >= 0.3 is 29.6 Å². The van der Waals surface area contributed by atoms with E-state index in [9.17, 15) is 9.90 Å². The predicted molar refractivity (Wildman–Crippen MR) is 43.3 cm³/mol. The number of alkyl halides is 1. The van der Waals surface area contributed by atoms with Gasteiger partial charge in [0.2, 0.25) is 0 Å². The molecule has 0 amide bonds. The molecular weight excluding hydrogens is 187 g/mol. The molecule has 64 valence electrons. The second-order valence-corrected chi connectivity index (χ2v) is 2.87. The van der Waals surface area contributed by atoms with Crippen LogP contribution in [0.1, 0.15) is 26.2 Å². The van der Waals surface area contributed by atoms with Gasteiger partial charge in [-0.15, -0.1) is 11.6 Å². The maximum absolute atomic E-state index is 9.93. The summed E-state index contributed by atoms with van der Waals surface area (Å²) in [5.74, 6) is -1.07. The first-order valence-electron chi connectivity index (χ1n) is 3.67. The Hall–Kier alpha value is 0.500. The quantitative estimate of drug-likeness (QED) is 0.294. The largest absolute Gasteiger partial charge is 1.00 e. The van der Waals surface area contributed by atoms with Gasteiger partial charge in [-0.25, -0.2) is 0 Å². The van der Waals surface area contributed by atoms with Gasteiger partial charge in [-0.3, -0.25) is 0 Å². The van der Waals surface area contributed by atoms with E-state index in [1.54, 1.807) is 6.08 Å². The number of carbonyl (C=O) groups is 1. The van der Waals surface area contributed by atoms with Crippen molar-refractivity contribution >= 4 is 17.6 Å². The zero-order valence-electron chi connectivity index (χ0n) is 7.55. The summed E-state index contributed by atoms with van der Waals surface area (Å²) >= 11 is 5.76. The molecule has 0 aromatic heterocycles. The Balaban J connectivity index is 0. The molecule has 4 heteroatoms. The van der Waals surface area contributed by atoms with Gasteiger partial charge in [0.1, 0.15) is 0 Å². The van der Waals surface area contributed by atoms with Crippen LogP contribution in [0.4, 0.5) is 0 Å². The van der Waals surface area contributed by atoms with Crippen LogP contribution in [-0.4, -0.2) is 11.3 Å². The van der Waals surface area contributed by atoms with Gasteiger partial charge in [0.15, 0.2) is 0 Å². The number of hydrogen-bond acceptors (Lipinski definition) is 2. The van der Waals surface area contributed by atoms with Crippen molar-refractivity contribution in [2.75, 3.05) is 0 Å². The molecule has 0 saturated heterocycles. The Morgan fingerprint density at radius 3 is 2.67 bits per heavy atom. The number of allylic oxidation sites excluding steroid dienone is 1. The molecule has 1 atom stereocenters. The minimum absolute atomic E-state index is 0. The number of carbonyl (C=O) groups excluding carboxylic acids is 1. The normalized spacial score (nSPS) is 12.5. The molecule has 0 bridgehead atoms. The second-order valence-electron chi connectivity index (χ2n) is 2.31. The molecule has 1 unspecified atom stereocenters. The Morgan fingerprint density at radius 2 is 2.25 bits per heavy atom. The second kappa shape index (κ2) is 9.59. The molecule has 0 radical (unpaired) electrons. The van der Waals surface area contributed by atoms with Crippen molar-refractivity contribution in [1.82, 2.24) is 0 Å². The first kappa shape index (κ1) is 15.0. The van der Waals surface area contributed by atoms with E-state index in [0.717, 1.165) is 12.8 Å². The van der Waals surface area contributed by atoms with E-state index in [2.05, 4.69) is 0 Å². The van der Waals surface area contributed by atoms with Crippen molar-refractivity contribution in [1.29, 1.82) is 0 Å². The molecule has 2 nitrogen and oxygen atoms in total. The van der Waals surface area contributed by atoms with Crippen LogP contribution >= 0.6 is 11.6 Å². The van der Waals surface area contributed by atoms with Crippen LogP contribution in [0.5, 0.6) is 0 Å². The topological polar surface area (TPSA) is 40.1 Å². The first-order chi connectivity index (χ1) is 5.16. The number of rotatable bonds is 5. The number of hydrogen-bond donors (Lipinski definition) is 0. The third kappa shape index (κ3) is 10.5. The summed E-state index contributed by atoms with van der Waals surface area (Å²) < 4.78 is 0. The van der Waals surface area contributed by atoms with Crippen LogP contribution < -0.4 is 34.7 Å². The number of carboxylic acid groups (broad SMARTS) is 1. The summed E-state index contributed by atoms with van der Waals surface area (Å²) in [4.78, 5) is 9.93. The van der Waals surface area contributed by atoms with Crippen LogP contribution in [0.3, 0.4) is 0 Å². The van der Waals surface area contributed by atoms with Crippen LogP contribution in [0.2, 0.25) is 0 Å². The van der Waals surface area contributed by atoms with E-state index in [-0.39, 0.29) is 41.4 Å². The molecule has 0 aromatic rings. The third-order valence-corrected chi connectivity index (χ3v) is 1.56. The monoisotopic (exact) mass is 198 g/mol. The van der Waals surface area contributed by atoms with Gasteiger partial charge in [-0.1, -0.05) is 25.5 Å². The molecule has 0 spiro atoms. The summed E-state index contributed by atoms with van der Waals surface area (Å²) in [6.45, 7) is 2.03. The van der Waals surface area contributed by atoms with E-state index in [0.29, 0.717) is 0 Å². The predicted octanol–water partition coefficient (Wildman–Crippen LogP) is -1.91. The van der Waals surface area contributed by atoms with Crippen molar-refractivity contribution in [3.8, 4) is 0 Å². The molecular formula is C8H12ClNaO2. The molecule has 0 saturated carbocycles. The number of aliphatic carboxylic acids is 1. The van der Waals surface area contributed by atoms with Gasteiger partial charge < -0.3 is 9.90 Å². The van der Waals surface area contributed by atoms with Crippen LogP contribution in [-0.2, 0) is 4.79 Å². The van der Waals surface area contributed by atoms with Gasteiger partial charge in [-0.05, 0) is 6.42 Å². The molecule has 0 aliphatic rings. The number of halogens is 1. The summed E-state index contributed by atoms with van der Waals surface area (Å²) in [6.07, 6.45) is 5.06.